The van der Waals surface area contributed by atoms with E-state index in [0.717, 1.165) is 18.3 Å². The van der Waals surface area contributed by atoms with Crippen molar-refractivity contribution in [2.24, 2.45) is 17.6 Å². The van der Waals surface area contributed by atoms with Crippen LogP contribution in [0.3, 0.4) is 0 Å². The average Bonchev–Trinajstić information content (AvgIpc) is 2.51. The molecule has 116 valence electrons. The van der Waals surface area contributed by atoms with Crippen molar-refractivity contribution in [3.05, 3.63) is 35.4 Å². The molecule has 0 spiro atoms. The lowest BCUT2D eigenvalue weighted by Crippen LogP contribution is -2.54. The third kappa shape index (κ3) is 3.34. The van der Waals surface area contributed by atoms with Crippen molar-refractivity contribution in [1.29, 1.82) is 0 Å². The molecule has 1 heteroatoms. The lowest BCUT2D eigenvalue weighted by Gasteiger charge is -2.47. The molecule has 2 aliphatic carbocycles. The van der Waals surface area contributed by atoms with Gasteiger partial charge in [0.05, 0.1) is 0 Å². The van der Waals surface area contributed by atoms with Crippen molar-refractivity contribution >= 4 is 0 Å². The predicted molar refractivity (Wildman–Crippen MR) is 90.3 cm³/mol. The van der Waals surface area contributed by atoms with Crippen molar-refractivity contribution in [2.75, 3.05) is 0 Å². The van der Waals surface area contributed by atoms with Crippen LogP contribution in [0.15, 0.2) is 24.3 Å². The zero-order chi connectivity index (χ0) is 14.7. The van der Waals surface area contributed by atoms with Gasteiger partial charge in [-0.15, -0.1) is 0 Å². The molecule has 1 aromatic carbocycles. The summed E-state index contributed by atoms with van der Waals surface area (Å²) in [5, 5.41) is 0. The summed E-state index contributed by atoms with van der Waals surface area (Å²) in [5.41, 5.74) is 9.97. The molecular formula is C20H31N. The van der Waals surface area contributed by atoms with E-state index in [4.69, 9.17) is 5.73 Å². The lowest BCUT2D eigenvalue weighted by atomic mass is 9.62. The number of aryl methyl sites for hydroxylation is 1. The fourth-order valence-corrected chi connectivity index (χ4v) is 4.92. The molecule has 2 N–H and O–H groups in total. The zero-order valence-electron chi connectivity index (χ0n) is 13.6. The van der Waals surface area contributed by atoms with Crippen molar-refractivity contribution in [2.45, 2.75) is 76.7 Å². The number of benzene rings is 1. The summed E-state index contributed by atoms with van der Waals surface area (Å²) >= 11 is 0. The molecule has 0 aliphatic heterocycles. The van der Waals surface area contributed by atoms with E-state index in [1.165, 1.54) is 68.9 Å². The molecule has 0 aromatic heterocycles. The average molecular weight is 285 g/mol. The van der Waals surface area contributed by atoms with Gasteiger partial charge in [0, 0.05) is 5.54 Å². The SMILES string of the molecule is Cc1ccccc1CC1(N)CCCCC1C1CCCCC1. The molecule has 0 radical (unpaired) electrons. The van der Waals surface area contributed by atoms with Gasteiger partial charge >= 0.3 is 0 Å². The van der Waals surface area contributed by atoms with Gasteiger partial charge in [-0.3, -0.25) is 0 Å². The fourth-order valence-electron chi connectivity index (χ4n) is 4.92. The number of hydrogen-bond donors (Lipinski definition) is 1. The molecule has 2 fully saturated rings. The van der Waals surface area contributed by atoms with Crippen LogP contribution in [0.25, 0.3) is 0 Å². The van der Waals surface area contributed by atoms with E-state index in [2.05, 4.69) is 31.2 Å². The van der Waals surface area contributed by atoms with Crippen LogP contribution < -0.4 is 5.73 Å². The van der Waals surface area contributed by atoms with Crippen molar-refractivity contribution in [3.63, 3.8) is 0 Å². The normalized spacial score (nSPS) is 31.2. The number of nitrogens with two attached hydrogens (primary N) is 1. The topological polar surface area (TPSA) is 26.0 Å². The quantitative estimate of drug-likeness (QED) is 0.830. The third-order valence-corrected chi connectivity index (χ3v) is 6.15. The third-order valence-electron chi connectivity index (χ3n) is 6.15. The zero-order valence-corrected chi connectivity index (χ0v) is 13.6. The Bertz CT molecular complexity index is 461. The summed E-state index contributed by atoms with van der Waals surface area (Å²) in [6.07, 6.45) is 13.6. The van der Waals surface area contributed by atoms with Gasteiger partial charge in [-0.1, -0.05) is 69.2 Å². The van der Waals surface area contributed by atoms with Crippen molar-refractivity contribution in [1.82, 2.24) is 0 Å². The maximum Gasteiger partial charge on any atom is 0.0226 e. The Kier molecular flexibility index (Phi) is 4.69. The van der Waals surface area contributed by atoms with Gasteiger partial charge < -0.3 is 5.73 Å². The lowest BCUT2D eigenvalue weighted by molar-refractivity contribution is 0.0994. The highest BCUT2D eigenvalue weighted by molar-refractivity contribution is 5.28. The van der Waals surface area contributed by atoms with Crippen LogP contribution in [0.5, 0.6) is 0 Å². The highest BCUT2D eigenvalue weighted by Gasteiger charge is 2.41. The minimum Gasteiger partial charge on any atom is -0.325 e. The summed E-state index contributed by atoms with van der Waals surface area (Å²) in [6, 6.07) is 8.83. The minimum atomic E-state index is 0.0480. The van der Waals surface area contributed by atoms with E-state index in [-0.39, 0.29) is 5.54 Å². The first kappa shape index (κ1) is 15.1. The van der Waals surface area contributed by atoms with Gasteiger partial charge in [-0.2, -0.15) is 0 Å². The Morgan fingerprint density at radius 3 is 2.48 bits per heavy atom. The number of hydrogen-bond acceptors (Lipinski definition) is 1. The second-order valence-corrected chi connectivity index (χ2v) is 7.59. The van der Waals surface area contributed by atoms with E-state index < -0.39 is 0 Å². The van der Waals surface area contributed by atoms with Crippen LogP contribution in [-0.4, -0.2) is 5.54 Å². The second-order valence-electron chi connectivity index (χ2n) is 7.59. The Morgan fingerprint density at radius 1 is 1.00 bits per heavy atom. The van der Waals surface area contributed by atoms with Gasteiger partial charge in [0.15, 0.2) is 0 Å². The maximum atomic E-state index is 7.04. The maximum absolute atomic E-state index is 7.04. The van der Waals surface area contributed by atoms with E-state index in [9.17, 15) is 0 Å². The largest absolute Gasteiger partial charge is 0.325 e. The minimum absolute atomic E-state index is 0.0480. The van der Waals surface area contributed by atoms with Gasteiger partial charge in [0.25, 0.3) is 0 Å². The summed E-state index contributed by atoms with van der Waals surface area (Å²) in [6.45, 7) is 2.23. The van der Waals surface area contributed by atoms with Gasteiger partial charge in [-0.05, 0) is 49.1 Å². The fraction of sp³-hybridized carbons (Fsp3) is 0.700. The molecule has 1 aromatic rings. The van der Waals surface area contributed by atoms with E-state index in [1.54, 1.807) is 0 Å². The summed E-state index contributed by atoms with van der Waals surface area (Å²) in [5.74, 6) is 1.65. The van der Waals surface area contributed by atoms with Crippen LogP contribution in [0.1, 0.15) is 68.9 Å². The van der Waals surface area contributed by atoms with Gasteiger partial charge in [0.2, 0.25) is 0 Å². The summed E-state index contributed by atoms with van der Waals surface area (Å²) < 4.78 is 0. The van der Waals surface area contributed by atoms with Crippen LogP contribution in [0.4, 0.5) is 0 Å². The molecule has 1 nitrogen and oxygen atoms in total. The van der Waals surface area contributed by atoms with Crippen LogP contribution >= 0.6 is 0 Å². The molecule has 0 saturated heterocycles. The molecule has 2 atom stereocenters. The molecule has 21 heavy (non-hydrogen) atoms. The molecule has 2 aliphatic rings. The van der Waals surface area contributed by atoms with Crippen molar-refractivity contribution < 1.29 is 0 Å². The van der Waals surface area contributed by atoms with E-state index in [0.29, 0.717) is 0 Å². The number of rotatable bonds is 3. The Labute approximate surface area is 130 Å². The molecule has 0 heterocycles. The summed E-state index contributed by atoms with van der Waals surface area (Å²) in [7, 11) is 0. The first-order valence-corrected chi connectivity index (χ1v) is 9.02. The summed E-state index contributed by atoms with van der Waals surface area (Å²) in [4.78, 5) is 0. The highest BCUT2D eigenvalue weighted by Crippen LogP contribution is 2.44. The van der Waals surface area contributed by atoms with Crippen LogP contribution in [0.2, 0.25) is 0 Å². The standard InChI is InChI=1S/C20H31N/c1-16-9-5-6-12-18(16)15-20(21)14-8-7-13-19(20)17-10-3-2-4-11-17/h5-6,9,12,17,19H,2-4,7-8,10-11,13-15,21H2,1H3. The van der Waals surface area contributed by atoms with Gasteiger partial charge in [-0.25, -0.2) is 0 Å². The van der Waals surface area contributed by atoms with Crippen LogP contribution in [-0.2, 0) is 6.42 Å². The molecular weight excluding hydrogens is 254 g/mol. The highest BCUT2D eigenvalue weighted by atomic mass is 14.8. The smallest absolute Gasteiger partial charge is 0.0226 e. The first-order chi connectivity index (χ1) is 10.2. The molecule has 2 saturated carbocycles. The molecule has 0 amide bonds. The monoisotopic (exact) mass is 285 g/mol. The Morgan fingerprint density at radius 2 is 1.71 bits per heavy atom. The van der Waals surface area contributed by atoms with Gasteiger partial charge in [0.1, 0.15) is 0 Å². The molecule has 2 unspecified atom stereocenters. The Hall–Kier alpha value is -0.820. The first-order valence-electron chi connectivity index (χ1n) is 9.02. The van der Waals surface area contributed by atoms with E-state index in [1.807, 2.05) is 0 Å². The molecule has 3 rings (SSSR count). The van der Waals surface area contributed by atoms with Crippen molar-refractivity contribution in [3.8, 4) is 0 Å². The Balaban J connectivity index is 1.79. The van der Waals surface area contributed by atoms with E-state index >= 15 is 0 Å². The predicted octanol–water partition coefficient (Wildman–Crippen LogP) is 5.01. The molecule has 0 bridgehead atoms. The second kappa shape index (κ2) is 6.52. The van der Waals surface area contributed by atoms with Crippen LogP contribution in [0, 0.1) is 18.8 Å².